The monoisotopic (exact) mass is 417 g/mol. The number of nitrogens with zero attached hydrogens (tertiary/aromatic N) is 1. The molecular weight excluding hydrogens is 401 g/mol. The second-order valence-corrected chi connectivity index (χ2v) is 6.98. The largest absolute Gasteiger partial charge is 0.464 e. The maximum absolute atomic E-state index is 12.0. The first kappa shape index (κ1) is 20.6. The molecule has 1 aliphatic rings. The van der Waals surface area contributed by atoms with Crippen LogP contribution in [0.5, 0.6) is 0 Å². The average Bonchev–Trinajstić information content (AvgIpc) is 2.92. The second kappa shape index (κ2) is 9.85. The van der Waals surface area contributed by atoms with Gasteiger partial charge in [0.05, 0.1) is 36.4 Å². The molecule has 2 rings (SSSR count). The number of esters is 2. The van der Waals surface area contributed by atoms with E-state index in [9.17, 15) is 14.4 Å². The molecule has 0 spiro atoms. The summed E-state index contributed by atoms with van der Waals surface area (Å²) in [6, 6.07) is 4.97. The van der Waals surface area contributed by atoms with Gasteiger partial charge < -0.3 is 14.4 Å². The number of rotatable bonds is 7. The first-order chi connectivity index (χ1) is 12.4. The Bertz CT molecular complexity index is 718. The molecule has 1 aromatic carbocycles. The van der Waals surface area contributed by atoms with Crippen LogP contribution in [0.4, 0.5) is 0 Å². The number of carbonyl (C=O) groups excluding carboxylic acids is 3. The van der Waals surface area contributed by atoms with Crippen LogP contribution in [0.2, 0.25) is 10.0 Å². The third-order valence-corrected chi connectivity index (χ3v) is 5.13. The van der Waals surface area contributed by atoms with Crippen LogP contribution >= 0.6 is 35.0 Å². The fourth-order valence-electron chi connectivity index (χ4n) is 2.20. The first-order valence-electron chi connectivity index (χ1n) is 7.82. The van der Waals surface area contributed by atoms with E-state index in [1.807, 2.05) is 0 Å². The highest BCUT2D eigenvalue weighted by atomic mass is 35.5. The highest BCUT2D eigenvalue weighted by Crippen LogP contribution is 2.28. The Labute approximate surface area is 165 Å². The second-order valence-electron chi connectivity index (χ2n) is 5.17. The van der Waals surface area contributed by atoms with Crippen molar-refractivity contribution in [2.45, 2.75) is 13.3 Å². The van der Waals surface area contributed by atoms with Gasteiger partial charge in [0.1, 0.15) is 6.61 Å². The molecule has 0 bridgehead atoms. The van der Waals surface area contributed by atoms with Crippen LogP contribution in [0.3, 0.4) is 0 Å². The van der Waals surface area contributed by atoms with Crippen molar-refractivity contribution in [3.63, 3.8) is 0 Å². The Hall–Kier alpha value is -1.70. The molecule has 1 amide bonds. The lowest BCUT2D eigenvalue weighted by Crippen LogP contribution is -2.29. The lowest BCUT2D eigenvalue weighted by Gasteiger charge is -2.17. The summed E-state index contributed by atoms with van der Waals surface area (Å²) in [5, 5.41) is 1.26. The summed E-state index contributed by atoms with van der Waals surface area (Å²) < 4.78 is 10.0. The highest BCUT2D eigenvalue weighted by Gasteiger charge is 2.27. The Morgan fingerprint density at radius 2 is 1.96 bits per heavy atom. The smallest absolute Gasteiger partial charge is 0.333 e. The van der Waals surface area contributed by atoms with Crippen LogP contribution in [0.25, 0.3) is 0 Å². The van der Waals surface area contributed by atoms with Gasteiger partial charge in [-0.2, -0.15) is 0 Å². The number of ether oxygens (including phenoxy) is 2. The fourth-order valence-corrected chi connectivity index (χ4v) is 3.69. The quantitative estimate of drug-likeness (QED) is 0.501. The lowest BCUT2D eigenvalue weighted by molar-refractivity contribution is -0.144. The Morgan fingerprint density at radius 1 is 1.27 bits per heavy atom. The molecule has 0 atom stereocenters. The van der Waals surface area contributed by atoms with Crippen LogP contribution < -0.4 is 0 Å². The predicted octanol–water partition coefficient (Wildman–Crippen LogP) is 3.06. The molecule has 0 radical (unpaired) electrons. The lowest BCUT2D eigenvalue weighted by atomic mass is 10.1. The van der Waals surface area contributed by atoms with Gasteiger partial charge in [0.25, 0.3) is 0 Å². The van der Waals surface area contributed by atoms with Gasteiger partial charge in [0.2, 0.25) is 5.91 Å². The first-order valence-corrected chi connectivity index (χ1v) is 9.56. The van der Waals surface area contributed by atoms with E-state index >= 15 is 0 Å². The van der Waals surface area contributed by atoms with Crippen molar-refractivity contribution >= 4 is 52.8 Å². The summed E-state index contributed by atoms with van der Waals surface area (Å²) in [5.41, 5.74) is 0.497. The van der Waals surface area contributed by atoms with Crippen molar-refractivity contribution < 1.29 is 23.9 Å². The Morgan fingerprint density at radius 3 is 2.62 bits per heavy atom. The maximum atomic E-state index is 12.0. The third-order valence-electron chi connectivity index (χ3n) is 3.40. The van der Waals surface area contributed by atoms with E-state index in [0.717, 1.165) is 0 Å². The van der Waals surface area contributed by atoms with E-state index in [1.165, 1.54) is 22.7 Å². The molecule has 0 aliphatic carbocycles. The van der Waals surface area contributed by atoms with Crippen molar-refractivity contribution in [3.05, 3.63) is 44.9 Å². The SMILES string of the molecule is CCOC(=O)/C=C1\SCC(=O)N1CCOC(=O)Cc1c(Cl)cccc1Cl. The number of amides is 1. The van der Waals surface area contributed by atoms with Gasteiger partial charge >= 0.3 is 11.9 Å². The van der Waals surface area contributed by atoms with E-state index in [4.69, 9.17) is 32.7 Å². The van der Waals surface area contributed by atoms with Gasteiger partial charge in [-0.05, 0) is 19.1 Å². The standard InChI is InChI=1S/C17H17Cl2NO5S/c1-2-24-17(23)9-15-20(14(21)10-26-15)6-7-25-16(22)8-11-12(18)4-3-5-13(11)19/h3-5,9H,2,6-8,10H2,1H3/b15-9-. The summed E-state index contributed by atoms with van der Waals surface area (Å²) >= 11 is 13.3. The zero-order valence-corrected chi connectivity index (χ0v) is 16.3. The van der Waals surface area contributed by atoms with Crippen molar-refractivity contribution in [3.8, 4) is 0 Å². The van der Waals surface area contributed by atoms with Crippen LogP contribution in [-0.2, 0) is 30.3 Å². The molecule has 26 heavy (non-hydrogen) atoms. The van der Waals surface area contributed by atoms with Gasteiger partial charge in [-0.15, -0.1) is 0 Å². The van der Waals surface area contributed by atoms with E-state index in [1.54, 1.807) is 25.1 Å². The Kier molecular flexibility index (Phi) is 7.81. The third kappa shape index (κ3) is 5.65. The number of benzene rings is 1. The predicted molar refractivity (Wildman–Crippen MR) is 100 cm³/mol. The molecule has 0 saturated carbocycles. The highest BCUT2D eigenvalue weighted by molar-refractivity contribution is 8.04. The van der Waals surface area contributed by atoms with Crippen LogP contribution in [0.1, 0.15) is 12.5 Å². The molecule has 0 aromatic heterocycles. The molecule has 1 heterocycles. The summed E-state index contributed by atoms with van der Waals surface area (Å²) in [6.07, 6.45) is 1.21. The minimum Gasteiger partial charge on any atom is -0.464 e. The molecule has 1 saturated heterocycles. The van der Waals surface area contributed by atoms with Crippen LogP contribution in [-0.4, -0.2) is 48.3 Å². The minimum absolute atomic E-state index is 0.00658. The van der Waals surface area contributed by atoms with E-state index in [0.29, 0.717) is 20.6 Å². The topological polar surface area (TPSA) is 72.9 Å². The van der Waals surface area contributed by atoms with Gasteiger partial charge in [-0.25, -0.2) is 4.79 Å². The van der Waals surface area contributed by atoms with Crippen molar-refractivity contribution in [1.29, 1.82) is 0 Å². The van der Waals surface area contributed by atoms with Crippen molar-refractivity contribution in [1.82, 2.24) is 4.90 Å². The van der Waals surface area contributed by atoms with Gasteiger partial charge in [-0.3, -0.25) is 9.59 Å². The number of thioether (sulfide) groups is 1. The molecule has 9 heteroatoms. The van der Waals surface area contributed by atoms with E-state index < -0.39 is 11.9 Å². The van der Waals surface area contributed by atoms with E-state index in [-0.39, 0.29) is 37.8 Å². The molecule has 1 aromatic rings. The molecule has 6 nitrogen and oxygen atoms in total. The normalized spacial score (nSPS) is 15.4. The average molecular weight is 418 g/mol. The zero-order valence-electron chi connectivity index (χ0n) is 14.0. The molecule has 1 fully saturated rings. The maximum Gasteiger partial charge on any atom is 0.333 e. The van der Waals surface area contributed by atoms with Crippen LogP contribution in [0.15, 0.2) is 29.3 Å². The summed E-state index contributed by atoms with van der Waals surface area (Å²) in [5.74, 6) is -0.944. The molecular formula is C17H17Cl2NO5S. The minimum atomic E-state index is -0.514. The summed E-state index contributed by atoms with van der Waals surface area (Å²) in [4.78, 5) is 36.8. The van der Waals surface area contributed by atoms with Gasteiger partial charge in [0.15, 0.2) is 0 Å². The summed E-state index contributed by atoms with van der Waals surface area (Å²) in [6.45, 7) is 2.10. The molecule has 0 N–H and O–H groups in total. The fraction of sp³-hybridized carbons (Fsp3) is 0.353. The molecule has 1 aliphatic heterocycles. The van der Waals surface area contributed by atoms with Crippen molar-refractivity contribution in [2.24, 2.45) is 0 Å². The number of carbonyl (C=O) groups is 3. The van der Waals surface area contributed by atoms with Crippen LogP contribution in [0, 0.1) is 0 Å². The number of hydrogen-bond acceptors (Lipinski definition) is 6. The number of hydrogen-bond donors (Lipinski definition) is 0. The summed E-state index contributed by atoms with van der Waals surface area (Å²) in [7, 11) is 0. The zero-order chi connectivity index (χ0) is 19.1. The Balaban J connectivity index is 1.88. The van der Waals surface area contributed by atoms with Gasteiger partial charge in [0, 0.05) is 15.6 Å². The van der Waals surface area contributed by atoms with Crippen molar-refractivity contribution in [2.75, 3.05) is 25.5 Å². The van der Waals surface area contributed by atoms with E-state index in [2.05, 4.69) is 0 Å². The molecule has 140 valence electrons. The molecule has 0 unspecified atom stereocenters. The number of halogens is 2. The van der Waals surface area contributed by atoms with Gasteiger partial charge in [-0.1, -0.05) is 41.0 Å².